The van der Waals surface area contributed by atoms with Crippen LogP contribution >= 0.6 is 23.1 Å². The van der Waals surface area contributed by atoms with E-state index in [0.29, 0.717) is 6.54 Å². The van der Waals surface area contributed by atoms with Crippen LogP contribution < -0.4 is 11.1 Å². The van der Waals surface area contributed by atoms with E-state index in [2.05, 4.69) is 15.3 Å². The van der Waals surface area contributed by atoms with Gasteiger partial charge in [-0.25, -0.2) is 4.98 Å². The van der Waals surface area contributed by atoms with E-state index in [-0.39, 0.29) is 5.84 Å². The second-order valence-corrected chi connectivity index (χ2v) is 6.13. The predicted molar refractivity (Wildman–Crippen MR) is 84.0 cm³/mol. The molecule has 112 valence electrons. The minimum atomic E-state index is -0.914. The number of amidine groups is 1. The van der Waals surface area contributed by atoms with Gasteiger partial charge in [0.1, 0.15) is 5.01 Å². The quantitative estimate of drug-likeness (QED) is 0.232. The molecule has 0 aliphatic carbocycles. The lowest BCUT2D eigenvalue weighted by Crippen LogP contribution is -2.33. The maximum absolute atomic E-state index is 10.5. The van der Waals surface area contributed by atoms with Crippen LogP contribution in [0.4, 0.5) is 0 Å². The molecule has 1 unspecified atom stereocenters. The molecule has 0 aliphatic rings. The molecule has 0 spiro atoms. The fourth-order valence-electron chi connectivity index (χ4n) is 1.30. The number of aliphatic imine (C=N–C) groups is 1. The molecule has 0 aliphatic heterocycles. The van der Waals surface area contributed by atoms with Crippen molar-refractivity contribution in [1.29, 1.82) is 0 Å². The van der Waals surface area contributed by atoms with Crippen molar-refractivity contribution in [3.63, 3.8) is 0 Å². The Labute approximate surface area is 126 Å². The third-order valence-corrected chi connectivity index (χ3v) is 4.32. The van der Waals surface area contributed by atoms with Crippen LogP contribution in [-0.2, 0) is 12.3 Å². The van der Waals surface area contributed by atoms with Gasteiger partial charge in [0.05, 0.1) is 12.2 Å². The van der Waals surface area contributed by atoms with E-state index in [1.807, 2.05) is 12.4 Å². The van der Waals surface area contributed by atoms with Crippen LogP contribution in [0.2, 0.25) is 0 Å². The monoisotopic (exact) mass is 317 g/mol. The van der Waals surface area contributed by atoms with E-state index < -0.39 is 11.0 Å². The maximum atomic E-state index is 10.5. The third kappa shape index (κ3) is 5.85. The van der Waals surface area contributed by atoms with Gasteiger partial charge in [-0.15, -0.1) is 11.3 Å². The highest BCUT2D eigenvalue weighted by molar-refractivity contribution is 7.98. The van der Waals surface area contributed by atoms with Crippen molar-refractivity contribution in [3.8, 4) is 0 Å². The zero-order valence-electron chi connectivity index (χ0n) is 11.5. The van der Waals surface area contributed by atoms with E-state index >= 15 is 0 Å². The Morgan fingerprint density at radius 3 is 3.15 bits per heavy atom. The molecule has 0 saturated heterocycles. The number of rotatable bonds is 9. The van der Waals surface area contributed by atoms with Crippen molar-refractivity contribution in [3.05, 3.63) is 26.2 Å². The molecule has 7 nitrogen and oxygen atoms in total. The molecule has 9 heteroatoms. The number of nitrogens with one attached hydrogen (secondary N) is 1. The van der Waals surface area contributed by atoms with Crippen molar-refractivity contribution < 1.29 is 4.92 Å². The molecule has 0 saturated carbocycles. The molecule has 0 aromatic carbocycles. The number of nitrogens with zero attached hydrogens (tertiary/aromatic N) is 3. The van der Waals surface area contributed by atoms with Crippen molar-refractivity contribution in [2.45, 2.75) is 25.3 Å². The van der Waals surface area contributed by atoms with Crippen LogP contribution in [0.1, 0.15) is 17.6 Å². The Kier molecular flexibility index (Phi) is 7.48. The van der Waals surface area contributed by atoms with Gasteiger partial charge < -0.3 is 11.1 Å². The summed E-state index contributed by atoms with van der Waals surface area (Å²) < 4.78 is 0. The molecule has 1 heterocycles. The fourth-order valence-corrected chi connectivity index (χ4v) is 2.94. The molecule has 1 aromatic heterocycles. The number of hydrogen-bond donors (Lipinski definition) is 2. The highest BCUT2D eigenvalue weighted by Gasteiger charge is 2.16. The van der Waals surface area contributed by atoms with E-state index in [0.717, 1.165) is 28.8 Å². The first kappa shape index (κ1) is 16.9. The summed E-state index contributed by atoms with van der Waals surface area (Å²) in [5, 5.41) is 16.7. The van der Waals surface area contributed by atoms with Crippen molar-refractivity contribution >= 4 is 28.9 Å². The molecular weight excluding hydrogens is 298 g/mol. The van der Waals surface area contributed by atoms with Gasteiger partial charge in [-0.2, -0.15) is 11.8 Å². The molecule has 1 atom stereocenters. The number of nitro groups is 1. The van der Waals surface area contributed by atoms with Crippen molar-refractivity contribution in [1.82, 2.24) is 10.3 Å². The first-order valence-electron chi connectivity index (χ1n) is 6.13. The van der Waals surface area contributed by atoms with Gasteiger partial charge >= 0.3 is 0 Å². The van der Waals surface area contributed by atoms with Gasteiger partial charge in [0.25, 0.3) is 6.04 Å². The van der Waals surface area contributed by atoms with Gasteiger partial charge in [-0.05, 0) is 7.05 Å². The van der Waals surface area contributed by atoms with E-state index in [9.17, 15) is 10.1 Å². The van der Waals surface area contributed by atoms with Crippen LogP contribution in [0.3, 0.4) is 0 Å². The first-order chi connectivity index (χ1) is 9.54. The van der Waals surface area contributed by atoms with Gasteiger partial charge in [0.15, 0.2) is 5.84 Å². The zero-order valence-corrected chi connectivity index (χ0v) is 13.2. The van der Waals surface area contributed by atoms with Gasteiger partial charge in [-0.1, -0.05) is 0 Å². The van der Waals surface area contributed by atoms with Crippen LogP contribution in [-0.4, -0.2) is 41.1 Å². The lowest BCUT2D eigenvalue weighted by Gasteiger charge is -2.02. The first-order valence-corrected chi connectivity index (χ1v) is 8.17. The number of thioether (sulfide) groups is 1. The minimum absolute atomic E-state index is 0.0839. The van der Waals surface area contributed by atoms with Gasteiger partial charge in [0, 0.05) is 35.3 Å². The molecule has 0 amide bonds. The molecule has 1 rings (SSSR count). The number of thiazole rings is 1. The summed E-state index contributed by atoms with van der Waals surface area (Å²) in [6, 6.07) is -0.914. The van der Waals surface area contributed by atoms with Crippen molar-refractivity contribution in [2.24, 2.45) is 10.7 Å². The summed E-state index contributed by atoms with van der Waals surface area (Å²) in [5.74, 6) is 1.67. The molecular formula is C11H19N5O2S2. The van der Waals surface area contributed by atoms with E-state index in [1.165, 1.54) is 6.92 Å². The second-order valence-electron chi connectivity index (χ2n) is 4.08. The summed E-state index contributed by atoms with van der Waals surface area (Å²) in [6.07, 6.45) is 0. The average molecular weight is 317 g/mol. The largest absolute Gasteiger partial charge is 0.382 e. The molecule has 0 fully saturated rings. The van der Waals surface area contributed by atoms with Crippen molar-refractivity contribution in [2.75, 3.05) is 19.3 Å². The smallest absolute Gasteiger partial charge is 0.266 e. The van der Waals surface area contributed by atoms with Gasteiger partial charge in [0.2, 0.25) is 0 Å². The second kappa shape index (κ2) is 8.88. The highest BCUT2D eigenvalue weighted by Crippen LogP contribution is 2.15. The average Bonchev–Trinajstić information content (AvgIpc) is 2.85. The summed E-state index contributed by atoms with van der Waals surface area (Å²) >= 11 is 3.33. The normalized spacial score (nSPS) is 13.4. The SMILES string of the molecule is CNCc1nc(CSCCN=C(N)C(C)[N+](=O)[O-])cs1. The van der Waals surface area contributed by atoms with Crippen LogP contribution in [0.5, 0.6) is 0 Å². The summed E-state index contributed by atoms with van der Waals surface area (Å²) in [6.45, 7) is 2.71. The summed E-state index contributed by atoms with van der Waals surface area (Å²) in [5.41, 5.74) is 6.59. The Balaban J connectivity index is 2.24. The maximum Gasteiger partial charge on any atom is 0.266 e. The Morgan fingerprint density at radius 1 is 1.75 bits per heavy atom. The van der Waals surface area contributed by atoms with E-state index in [1.54, 1.807) is 23.1 Å². The lowest BCUT2D eigenvalue weighted by molar-refractivity contribution is -0.498. The fraction of sp³-hybridized carbons (Fsp3) is 0.636. The summed E-state index contributed by atoms with van der Waals surface area (Å²) in [4.78, 5) is 18.5. The third-order valence-electron chi connectivity index (χ3n) is 2.45. The van der Waals surface area contributed by atoms with Gasteiger partial charge in [-0.3, -0.25) is 15.1 Å². The molecule has 1 aromatic rings. The molecule has 0 radical (unpaired) electrons. The highest BCUT2D eigenvalue weighted by atomic mass is 32.2. The van der Waals surface area contributed by atoms with E-state index in [4.69, 9.17) is 5.73 Å². The van der Waals surface area contributed by atoms with Crippen LogP contribution in [0.15, 0.2) is 10.4 Å². The topological polar surface area (TPSA) is 106 Å². The molecule has 3 N–H and O–H groups in total. The Hall–Kier alpha value is -1.19. The Bertz CT molecular complexity index is 463. The summed E-state index contributed by atoms with van der Waals surface area (Å²) in [7, 11) is 1.89. The zero-order chi connectivity index (χ0) is 15.0. The minimum Gasteiger partial charge on any atom is -0.382 e. The van der Waals surface area contributed by atoms with Crippen LogP contribution in [0, 0.1) is 10.1 Å². The van der Waals surface area contributed by atoms with Crippen LogP contribution in [0.25, 0.3) is 0 Å². The number of nitrogens with two attached hydrogens (primary N) is 1. The Morgan fingerprint density at radius 2 is 2.50 bits per heavy atom. The molecule has 0 bridgehead atoms. The predicted octanol–water partition coefficient (Wildman–Crippen LogP) is 1.12. The molecule has 20 heavy (non-hydrogen) atoms. The number of hydrogen-bond acceptors (Lipinski definition) is 7. The lowest BCUT2D eigenvalue weighted by atomic mass is 10.3. The standard InChI is InChI=1S/C11H19N5O2S2/c1-8(16(17)18)11(12)14-3-4-19-6-9-7-20-10(15-9)5-13-2/h7-8,13H,3-6H2,1-2H3,(H2,12,14). The number of aromatic nitrogens is 1.